The fourth-order valence-corrected chi connectivity index (χ4v) is 0.431. The first kappa shape index (κ1) is 7.47. The molecule has 0 spiro atoms. The van der Waals surface area contributed by atoms with E-state index in [9.17, 15) is 4.79 Å². The summed E-state index contributed by atoms with van der Waals surface area (Å²) in [5, 5.41) is 0. The average molecular weight is 112 g/mol. The summed E-state index contributed by atoms with van der Waals surface area (Å²) in [5.41, 5.74) is -0.328. The quantitative estimate of drug-likeness (QED) is 0.442. The van der Waals surface area contributed by atoms with Crippen LogP contribution < -0.4 is 0 Å². The Morgan fingerprint density at radius 3 is 1.75 bits per heavy atom. The first-order valence-electron chi connectivity index (χ1n) is 2.61. The summed E-state index contributed by atoms with van der Waals surface area (Å²) >= 11 is 0. The lowest BCUT2D eigenvalue weighted by Crippen LogP contribution is -2.21. The third-order valence-electron chi connectivity index (χ3n) is 0.450. The van der Waals surface area contributed by atoms with Gasteiger partial charge < -0.3 is 4.74 Å². The van der Waals surface area contributed by atoms with Gasteiger partial charge in [0.05, 0.1) is 0 Å². The van der Waals surface area contributed by atoms with Crippen molar-refractivity contribution in [2.24, 2.45) is 0 Å². The molecule has 48 valence electrons. The Morgan fingerprint density at radius 1 is 1.38 bits per heavy atom. The minimum Gasteiger partial charge on any atom is -0.460 e. The monoisotopic (exact) mass is 112 g/mol. The number of carbonyl (C=O) groups excluding carboxylic acids is 1. The first-order chi connectivity index (χ1) is 3.42. The van der Waals surface area contributed by atoms with Gasteiger partial charge in [-0.05, 0) is 20.8 Å². The Morgan fingerprint density at radius 2 is 1.75 bits per heavy atom. The van der Waals surface area contributed by atoms with Crippen molar-refractivity contribution in [2.45, 2.75) is 33.3 Å². The van der Waals surface area contributed by atoms with E-state index < -0.39 is 0 Å². The standard InChI is InChI=1S/C6H12O2/c1-5(7)8-6(2,3)4/h1-4H3/i5-4. The van der Waals surface area contributed by atoms with Gasteiger partial charge in [0.15, 0.2) is 0 Å². The van der Waals surface area contributed by atoms with Crippen LogP contribution in [-0.2, 0) is 9.53 Å². The molecule has 0 N–H and O–H groups in total. The highest BCUT2D eigenvalue weighted by atomic mass is 16.4. The highest BCUT2D eigenvalue weighted by Gasteiger charge is 2.11. The molecule has 0 aliphatic rings. The van der Waals surface area contributed by atoms with Crippen LogP contribution in [0, 0.1) is 0 Å². The first-order valence-corrected chi connectivity index (χ1v) is 2.61. The number of ether oxygens (including phenoxy) is 1. The van der Waals surface area contributed by atoms with Crippen LogP contribution >= 0.6 is 0 Å². The molecule has 0 aromatic rings. The fraction of sp³-hybridized carbons (Fsp3) is 0.833. The summed E-state index contributed by atoms with van der Waals surface area (Å²) in [4.78, 5) is 10.2. The summed E-state index contributed by atoms with van der Waals surface area (Å²) in [6.45, 7) is 6.93. The van der Waals surface area contributed by atoms with Crippen LogP contribution in [0.3, 0.4) is 0 Å². The maximum atomic E-state index is 10.2. The zero-order chi connectivity index (χ0) is 6.78. The third-order valence-corrected chi connectivity index (χ3v) is 0.450. The van der Waals surface area contributed by atoms with Gasteiger partial charge in [0.1, 0.15) is 5.60 Å². The number of esters is 1. The minimum atomic E-state index is -0.328. The molecule has 0 unspecified atom stereocenters. The molecular weight excluding hydrogens is 100 g/mol. The van der Waals surface area contributed by atoms with E-state index in [2.05, 4.69) is 0 Å². The van der Waals surface area contributed by atoms with Crippen LogP contribution in [0.25, 0.3) is 0 Å². The van der Waals surface area contributed by atoms with Crippen molar-refractivity contribution in [1.29, 1.82) is 0 Å². The van der Waals surface area contributed by atoms with Gasteiger partial charge >= 0.3 is 5.97 Å². The molecule has 0 saturated carbocycles. The molecule has 0 radical (unpaired) electrons. The molecule has 0 saturated heterocycles. The third kappa shape index (κ3) is 5.47. The number of carbonyl (C=O) groups is 1. The van der Waals surface area contributed by atoms with Crippen molar-refractivity contribution in [2.75, 3.05) is 0 Å². The fourth-order valence-electron chi connectivity index (χ4n) is 0.431. The molecule has 2 nitrogen and oxygen atoms in total. The van der Waals surface area contributed by atoms with Crippen LogP contribution in [0.2, 0.25) is 0 Å². The lowest BCUT2D eigenvalue weighted by Gasteiger charge is -2.17. The smallest absolute Gasteiger partial charge is 0.303 e. The van der Waals surface area contributed by atoms with Crippen LogP contribution in [0.1, 0.15) is 27.7 Å². The SMILES string of the molecule is C[8C](=O)OC(C)(C)C. The molecule has 0 rings (SSSR count). The van der Waals surface area contributed by atoms with Crippen LogP contribution in [-0.4, -0.2) is 11.6 Å². The normalized spacial score (nSPS) is 11.0. The van der Waals surface area contributed by atoms with Crippen molar-refractivity contribution < 1.29 is 9.53 Å². The summed E-state index contributed by atoms with van der Waals surface area (Å²) in [6, 6.07) is 0. The van der Waals surface area contributed by atoms with E-state index in [0.717, 1.165) is 0 Å². The molecule has 0 aromatic carbocycles. The lowest BCUT2D eigenvalue weighted by molar-refractivity contribution is -0.151. The molecule has 0 bridgehead atoms. The highest BCUT2D eigenvalue weighted by molar-refractivity contribution is 5.66. The van der Waals surface area contributed by atoms with Gasteiger partial charge in [-0.3, -0.25) is 4.79 Å². The predicted molar refractivity (Wildman–Crippen MR) is 31.5 cm³/mol. The van der Waals surface area contributed by atoms with Gasteiger partial charge in [0.2, 0.25) is 0 Å². The maximum Gasteiger partial charge on any atom is 0.303 e. The molecule has 2 heteroatoms. The van der Waals surface area contributed by atoms with Crippen LogP contribution in [0.15, 0.2) is 0 Å². The van der Waals surface area contributed by atoms with E-state index >= 15 is 0 Å². The van der Waals surface area contributed by atoms with Crippen LogP contribution in [0.5, 0.6) is 0 Å². The Balaban J connectivity index is 3.55. The largest absolute Gasteiger partial charge is 0.460 e. The van der Waals surface area contributed by atoms with E-state index in [1.807, 2.05) is 20.8 Å². The maximum absolute atomic E-state index is 10.2. The second kappa shape index (κ2) is 2.16. The zero-order valence-electron chi connectivity index (χ0n) is 5.82. The van der Waals surface area contributed by atoms with E-state index in [1.165, 1.54) is 6.92 Å². The zero-order valence-corrected chi connectivity index (χ0v) is 5.82. The Kier molecular flexibility index (Phi) is 2.02. The summed E-state index contributed by atoms with van der Waals surface area (Å²) in [5.74, 6) is -0.225. The van der Waals surface area contributed by atoms with Gasteiger partial charge in [-0.25, -0.2) is 0 Å². The van der Waals surface area contributed by atoms with Crippen LogP contribution in [0.4, 0.5) is 0 Å². The topological polar surface area (TPSA) is 26.3 Å². The molecule has 0 amide bonds. The minimum absolute atomic E-state index is 0.225. The van der Waals surface area contributed by atoms with Crippen molar-refractivity contribution in [3.63, 3.8) is 0 Å². The van der Waals surface area contributed by atoms with Gasteiger partial charge in [0.25, 0.3) is 0 Å². The molecule has 0 aromatic heterocycles. The number of rotatable bonds is 0. The Labute approximate surface area is 49.8 Å². The Hall–Kier alpha value is -0.530. The summed E-state index contributed by atoms with van der Waals surface area (Å²) < 4.78 is 4.80. The van der Waals surface area contributed by atoms with Crippen molar-refractivity contribution in [3.05, 3.63) is 0 Å². The van der Waals surface area contributed by atoms with Crippen molar-refractivity contribution in [3.8, 4) is 0 Å². The van der Waals surface area contributed by atoms with E-state index in [-0.39, 0.29) is 11.6 Å². The van der Waals surface area contributed by atoms with Gasteiger partial charge in [-0.1, -0.05) is 0 Å². The van der Waals surface area contributed by atoms with E-state index in [4.69, 9.17) is 4.74 Å². The highest BCUT2D eigenvalue weighted by Crippen LogP contribution is 2.05. The molecular formula is C6H12O2. The van der Waals surface area contributed by atoms with Crippen molar-refractivity contribution in [1.82, 2.24) is 0 Å². The van der Waals surface area contributed by atoms with Gasteiger partial charge in [-0.2, -0.15) is 0 Å². The molecule has 0 atom stereocenters. The molecule has 0 fully saturated rings. The summed E-state index contributed by atoms with van der Waals surface area (Å²) in [7, 11) is 0. The second-order valence-corrected chi connectivity index (χ2v) is 2.71. The van der Waals surface area contributed by atoms with E-state index in [0.29, 0.717) is 0 Å². The van der Waals surface area contributed by atoms with Gasteiger partial charge in [0, 0.05) is 6.92 Å². The average Bonchev–Trinajstić information content (AvgIpc) is 1.21. The Bertz CT molecular complexity index is 89.2. The molecule has 0 aliphatic heterocycles. The lowest BCUT2D eigenvalue weighted by atomic mass is 7.63. The van der Waals surface area contributed by atoms with Crippen molar-refractivity contribution >= 4 is 5.97 Å². The number of hydrogen-bond acceptors (Lipinski definition) is 2. The number of hydrogen-bond donors (Lipinski definition) is 0. The molecule has 0 heterocycles. The second-order valence-electron chi connectivity index (χ2n) is 2.71. The summed E-state index contributed by atoms with van der Waals surface area (Å²) in [6.07, 6.45) is 0. The molecule has 0 aliphatic carbocycles. The van der Waals surface area contributed by atoms with E-state index in [1.54, 1.807) is 0 Å². The van der Waals surface area contributed by atoms with Gasteiger partial charge in [-0.15, -0.1) is 0 Å². The predicted octanol–water partition coefficient (Wildman–Crippen LogP) is 1.35. The molecule has 8 heavy (non-hydrogen) atoms.